The van der Waals surface area contributed by atoms with Crippen molar-refractivity contribution in [3.8, 4) is 0 Å². The molecule has 0 bridgehead atoms. The Morgan fingerprint density at radius 1 is 1.09 bits per heavy atom. The van der Waals surface area contributed by atoms with Crippen LogP contribution in [0.25, 0.3) is 0 Å². The van der Waals surface area contributed by atoms with Crippen LogP contribution in [0.15, 0.2) is 24.3 Å². The van der Waals surface area contributed by atoms with Crippen molar-refractivity contribution in [3.63, 3.8) is 0 Å². The van der Waals surface area contributed by atoms with Gasteiger partial charge in [-0.15, -0.1) is 0 Å². The molecule has 0 unspecified atom stereocenters. The van der Waals surface area contributed by atoms with Crippen molar-refractivity contribution in [2.75, 3.05) is 32.8 Å². The highest BCUT2D eigenvalue weighted by atomic mass is 16.6. The Bertz CT molecular complexity index is 530. The fourth-order valence-corrected chi connectivity index (χ4v) is 2.65. The molecular weight excluding hydrogens is 280 g/mol. The minimum absolute atomic E-state index is 0.125. The van der Waals surface area contributed by atoms with E-state index >= 15 is 0 Å². The van der Waals surface area contributed by atoms with E-state index in [4.69, 9.17) is 4.74 Å². The highest BCUT2D eigenvalue weighted by Crippen LogP contribution is 2.11. The van der Waals surface area contributed by atoms with E-state index in [1.807, 2.05) is 36.1 Å². The molecule has 1 heterocycles. The lowest BCUT2D eigenvalue weighted by Crippen LogP contribution is -2.38. The topological polar surface area (TPSA) is 49.9 Å². The van der Waals surface area contributed by atoms with E-state index in [1.165, 1.54) is 0 Å². The van der Waals surface area contributed by atoms with Crippen molar-refractivity contribution in [2.45, 2.75) is 26.7 Å². The number of amides is 2. The number of rotatable bonds is 3. The molecule has 5 nitrogen and oxygen atoms in total. The van der Waals surface area contributed by atoms with Crippen LogP contribution in [0.3, 0.4) is 0 Å². The highest BCUT2D eigenvalue weighted by molar-refractivity contribution is 5.79. The number of carbonyl (C=O) groups is 2. The van der Waals surface area contributed by atoms with Crippen LogP contribution >= 0.6 is 0 Å². The molecule has 0 spiro atoms. The largest absolute Gasteiger partial charge is 0.450 e. The first-order chi connectivity index (χ1) is 10.6. The molecule has 0 N–H and O–H groups in total. The zero-order valence-electron chi connectivity index (χ0n) is 13.4. The van der Waals surface area contributed by atoms with Gasteiger partial charge in [0.1, 0.15) is 0 Å². The van der Waals surface area contributed by atoms with E-state index in [9.17, 15) is 9.59 Å². The molecule has 1 saturated heterocycles. The molecule has 5 heteroatoms. The Labute approximate surface area is 131 Å². The Morgan fingerprint density at radius 3 is 2.50 bits per heavy atom. The van der Waals surface area contributed by atoms with Crippen molar-refractivity contribution < 1.29 is 14.3 Å². The lowest BCUT2D eigenvalue weighted by molar-refractivity contribution is -0.130. The number of ether oxygens (including phenoxy) is 1. The van der Waals surface area contributed by atoms with Crippen molar-refractivity contribution in [3.05, 3.63) is 35.4 Å². The maximum Gasteiger partial charge on any atom is 0.409 e. The number of hydrogen-bond acceptors (Lipinski definition) is 3. The molecule has 1 aromatic carbocycles. The standard InChI is InChI=1S/C17H24N2O3/c1-3-22-17(21)19-10-6-9-18(11-12-19)16(20)13-15-8-5-4-7-14(15)2/h4-5,7-8H,3,6,9-13H2,1-2H3. The summed E-state index contributed by atoms with van der Waals surface area (Å²) in [5.41, 5.74) is 2.21. The lowest BCUT2D eigenvalue weighted by atomic mass is 10.1. The summed E-state index contributed by atoms with van der Waals surface area (Å²) >= 11 is 0. The number of aryl methyl sites for hydroxylation is 1. The van der Waals surface area contributed by atoms with Crippen LogP contribution in [0.5, 0.6) is 0 Å². The van der Waals surface area contributed by atoms with Gasteiger partial charge in [-0.1, -0.05) is 24.3 Å². The molecule has 0 atom stereocenters. The summed E-state index contributed by atoms with van der Waals surface area (Å²) in [6, 6.07) is 7.95. The molecule has 120 valence electrons. The van der Waals surface area contributed by atoms with E-state index < -0.39 is 0 Å². The van der Waals surface area contributed by atoms with Crippen LogP contribution in [-0.2, 0) is 16.0 Å². The number of hydrogen-bond donors (Lipinski definition) is 0. The van der Waals surface area contributed by atoms with Gasteiger partial charge >= 0.3 is 6.09 Å². The van der Waals surface area contributed by atoms with E-state index in [2.05, 4.69) is 0 Å². The lowest BCUT2D eigenvalue weighted by Gasteiger charge is -2.22. The molecule has 2 rings (SSSR count). The molecule has 1 aliphatic heterocycles. The van der Waals surface area contributed by atoms with Crippen molar-refractivity contribution >= 4 is 12.0 Å². The van der Waals surface area contributed by atoms with Gasteiger partial charge in [0.05, 0.1) is 13.0 Å². The third kappa shape index (κ3) is 4.23. The van der Waals surface area contributed by atoms with Gasteiger partial charge in [-0.25, -0.2) is 4.79 Å². The second kappa shape index (κ2) is 7.82. The maximum absolute atomic E-state index is 12.5. The molecule has 1 aliphatic rings. The van der Waals surface area contributed by atoms with Crippen LogP contribution in [0.1, 0.15) is 24.5 Å². The highest BCUT2D eigenvalue weighted by Gasteiger charge is 2.22. The molecular formula is C17H24N2O3. The minimum Gasteiger partial charge on any atom is -0.450 e. The minimum atomic E-state index is -0.282. The van der Waals surface area contributed by atoms with Gasteiger partial charge in [-0.2, -0.15) is 0 Å². The van der Waals surface area contributed by atoms with Crippen molar-refractivity contribution in [1.82, 2.24) is 9.80 Å². The van der Waals surface area contributed by atoms with Crippen LogP contribution in [0, 0.1) is 6.92 Å². The summed E-state index contributed by atoms with van der Waals surface area (Å²) in [5.74, 6) is 0.125. The quantitative estimate of drug-likeness (QED) is 0.860. The molecule has 2 amide bonds. The van der Waals surface area contributed by atoms with Gasteiger partial charge in [0, 0.05) is 26.2 Å². The van der Waals surface area contributed by atoms with E-state index in [0.717, 1.165) is 17.5 Å². The first-order valence-corrected chi connectivity index (χ1v) is 7.85. The number of benzene rings is 1. The zero-order valence-corrected chi connectivity index (χ0v) is 13.4. The SMILES string of the molecule is CCOC(=O)N1CCCN(C(=O)Cc2ccccc2C)CC1. The molecule has 1 aromatic rings. The summed E-state index contributed by atoms with van der Waals surface area (Å²) in [6.45, 7) is 6.65. The molecule has 0 saturated carbocycles. The Morgan fingerprint density at radius 2 is 1.77 bits per heavy atom. The third-order valence-corrected chi connectivity index (χ3v) is 3.98. The summed E-state index contributed by atoms with van der Waals surface area (Å²) in [5, 5.41) is 0. The Balaban J connectivity index is 1.92. The molecule has 0 aromatic heterocycles. The van der Waals surface area contributed by atoms with Crippen LogP contribution in [0.4, 0.5) is 4.79 Å². The van der Waals surface area contributed by atoms with E-state index in [0.29, 0.717) is 39.2 Å². The van der Waals surface area contributed by atoms with Crippen LogP contribution in [0.2, 0.25) is 0 Å². The predicted molar refractivity (Wildman–Crippen MR) is 84.7 cm³/mol. The normalized spacial score (nSPS) is 15.4. The Hall–Kier alpha value is -2.04. The van der Waals surface area contributed by atoms with Gasteiger partial charge in [-0.05, 0) is 31.4 Å². The first kappa shape index (κ1) is 16.3. The summed E-state index contributed by atoms with van der Waals surface area (Å²) in [7, 11) is 0. The van der Waals surface area contributed by atoms with Gasteiger partial charge in [0.2, 0.25) is 5.91 Å². The van der Waals surface area contributed by atoms with E-state index in [-0.39, 0.29) is 12.0 Å². The average Bonchev–Trinajstić information content (AvgIpc) is 2.76. The van der Waals surface area contributed by atoms with Gasteiger partial charge in [-0.3, -0.25) is 4.79 Å². The predicted octanol–water partition coefficient (Wildman–Crippen LogP) is 2.23. The first-order valence-electron chi connectivity index (χ1n) is 7.85. The fourth-order valence-electron chi connectivity index (χ4n) is 2.65. The average molecular weight is 304 g/mol. The van der Waals surface area contributed by atoms with E-state index in [1.54, 1.807) is 11.8 Å². The summed E-state index contributed by atoms with van der Waals surface area (Å²) in [6.07, 6.45) is 0.931. The summed E-state index contributed by atoms with van der Waals surface area (Å²) < 4.78 is 5.03. The van der Waals surface area contributed by atoms with Crippen LogP contribution < -0.4 is 0 Å². The fraction of sp³-hybridized carbons (Fsp3) is 0.529. The summed E-state index contributed by atoms with van der Waals surface area (Å²) in [4.78, 5) is 27.8. The number of carbonyl (C=O) groups excluding carboxylic acids is 2. The molecule has 0 radical (unpaired) electrons. The van der Waals surface area contributed by atoms with Gasteiger partial charge in [0.15, 0.2) is 0 Å². The van der Waals surface area contributed by atoms with Crippen molar-refractivity contribution in [1.29, 1.82) is 0 Å². The maximum atomic E-state index is 12.5. The number of nitrogens with zero attached hydrogens (tertiary/aromatic N) is 2. The second-order valence-corrected chi connectivity index (χ2v) is 5.52. The van der Waals surface area contributed by atoms with Gasteiger partial charge < -0.3 is 14.5 Å². The smallest absolute Gasteiger partial charge is 0.409 e. The Kier molecular flexibility index (Phi) is 5.81. The van der Waals surface area contributed by atoms with Crippen molar-refractivity contribution in [2.24, 2.45) is 0 Å². The van der Waals surface area contributed by atoms with Gasteiger partial charge in [0.25, 0.3) is 0 Å². The molecule has 22 heavy (non-hydrogen) atoms. The molecule has 1 fully saturated rings. The van der Waals surface area contributed by atoms with Crippen LogP contribution in [-0.4, -0.2) is 54.6 Å². The zero-order chi connectivity index (χ0) is 15.9. The second-order valence-electron chi connectivity index (χ2n) is 5.52. The molecule has 0 aliphatic carbocycles. The monoisotopic (exact) mass is 304 g/mol. The third-order valence-electron chi connectivity index (χ3n) is 3.98.